The summed E-state index contributed by atoms with van der Waals surface area (Å²) in [5.74, 6) is 1.61. The lowest BCUT2D eigenvalue weighted by atomic mass is 10.1. The zero-order valence-electron chi connectivity index (χ0n) is 23.2. The summed E-state index contributed by atoms with van der Waals surface area (Å²) in [4.78, 5) is 21.7. The van der Waals surface area contributed by atoms with Gasteiger partial charge in [0, 0.05) is 61.5 Å². The summed E-state index contributed by atoms with van der Waals surface area (Å²) < 4.78 is 45.4. The molecule has 0 radical (unpaired) electrons. The molecule has 3 aromatic carbocycles. The summed E-state index contributed by atoms with van der Waals surface area (Å²) in [5, 5.41) is 0.714. The highest BCUT2D eigenvalue weighted by atomic mass is 32.2. The number of benzene rings is 3. The van der Waals surface area contributed by atoms with Gasteiger partial charge in [-0.2, -0.15) is 0 Å². The molecule has 0 unspecified atom stereocenters. The first-order valence-electron chi connectivity index (χ1n) is 13.1. The molecule has 1 amide bonds. The van der Waals surface area contributed by atoms with Gasteiger partial charge in [0.25, 0.3) is 15.9 Å². The highest BCUT2D eigenvalue weighted by Crippen LogP contribution is 2.31. The normalized spacial score (nSPS) is 14.1. The second-order valence-electron chi connectivity index (χ2n) is 9.60. The Morgan fingerprint density at radius 3 is 2.37 bits per heavy atom. The van der Waals surface area contributed by atoms with Crippen molar-refractivity contribution in [3.63, 3.8) is 0 Å². The van der Waals surface area contributed by atoms with Crippen molar-refractivity contribution in [2.75, 3.05) is 52.2 Å². The molecule has 1 N–H and O–H groups in total. The lowest BCUT2D eigenvalue weighted by Crippen LogP contribution is -2.48. The maximum absolute atomic E-state index is 13.3. The number of carbonyl (C=O) groups excluding carboxylic acids is 1. The molecule has 0 bridgehead atoms. The fraction of sp³-hybridized carbons (Fsp3) is 0.267. The van der Waals surface area contributed by atoms with E-state index < -0.39 is 10.0 Å². The van der Waals surface area contributed by atoms with E-state index in [-0.39, 0.29) is 22.2 Å². The molecular formula is C30H32N4O6S. The number of hydrogen-bond acceptors (Lipinski definition) is 8. The molecule has 4 aromatic rings. The molecule has 0 aliphatic carbocycles. The van der Waals surface area contributed by atoms with E-state index in [0.29, 0.717) is 49.2 Å². The third kappa shape index (κ3) is 6.06. The van der Waals surface area contributed by atoms with Gasteiger partial charge in [0.05, 0.1) is 32.5 Å². The molecule has 0 spiro atoms. The van der Waals surface area contributed by atoms with Crippen molar-refractivity contribution in [1.82, 2.24) is 14.8 Å². The molecule has 10 nitrogen and oxygen atoms in total. The van der Waals surface area contributed by atoms with Crippen molar-refractivity contribution < 1.29 is 27.4 Å². The average Bonchev–Trinajstić information content (AvgIpc) is 3.01. The van der Waals surface area contributed by atoms with Crippen molar-refractivity contribution in [3.05, 3.63) is 84.1 Å². The fourth-order valence-electron chi connectivity index (χ4n) is 4.92. The highest BCUT2D eigenvalue weighted by molar-refractivity contribution is 7.93. The Hall–Kier alpha value is -4.35. The van der Waals surface area contributed by atoms with Crippen molar-refractivity contribution in [1.29, 1.82) is 0 Å². The maximum atomic E-state index is 13.3. The third-order valence-corrected chi connectivity index (χ3v) is 8.52. The molecule has 1 saturated heterocycles. The molecule has 1 aliphatic heterocycles. The Kier molecular flexibility index (Phi) is 8.27. The second kappa shape index (κ2) is 12.0. The zero-order valence-corrected chi connectivity index (χ0v) is 24.0. The van der Waals surface area contributed by atoms with Gasteiger partial charge in [-0.25, -0.2) is 8.42 Å². The van der Waals surface area contributed by atoms with E-state index in [9.17, 15) is 13.2 Å². The first-order chi connectivity index (χ1) is 19.8. The van der Waals surface area contributed by atoms with Crippen molar-refractivity contribution in [3.8, 4) is 17.2 Å². The van der Waals surface area contributed by atoms with Crippen LogP contribution in [0.25, 0.3) is 10.9 Å². The minimum atomic E-state index is -3.98. The number of pyridine rings is 1. The van der Waals surface area contributed by atoms with Crippen LogP contribution in [0.4, 0.5) is 5.69 Å². The van der Waals surface area contributed by atoms with E-state index in [2.05, 4.69) is 14.6 Å². The molecule has 1 aliphatic rings. The van der Waals surface area contributed by atoms with Gasteiger partial charge < -0.3 is 19.1 Å². The summed E-state index contributed by atoms with van der Waals surface area (Å²) in [6, 6.07) is 19.0. The minimum absolute atomic E-state index is 0.0583. The van der Waals surface area contributed by atoms with Crippen LogP contribution in [-0.2, 0) is 16.6 Å². The molecular weight excluding hydrogens is 544 g/mol. The van der Waals surface area contributed by atoms with Crippen LogP contribution in [0.15, 0.2) is 77.8 Å². The first-order valence-corrected chi connectivity index (χ1v) is 14.6. The lowest BCUT2D eigenvalue weighted by molar-refractivity contribution is 0.0627. The van der Waals surface area contributed by atoms with Crippen LogP contribution < -0.4 is 18.9 Å². The number of carbonyl (C=O) groups is 1. The number of rotatable bonds is 9. The smallest absolute Gasteiger partial charge is 0.264 e. The number of sulfonamides is 1. The van der Waals surface area contributed by atoms with Crippen LogP contribution >= 0.6 is 0 Å². The van der Waals surface area contributed by atoms with Gasteiger partial charge in [0.15, 0.2) is 0 Å². The molecule has 1 fully saturated rings. The summed E-state index contributed by atoms with van der Waals surface area (Å²) in [6.45, 7) is 3.22. The number of nitrogens with zero attached hydrogens (tertiary/aromatic N) is 3. The number of nitrogens with one attached hydrogen (secondary N) is 1. The van der Waals surface area contributed by atoms with Gasteiger partial charge in [0.2, 0.25) is 0 Å². The lowest BCUT2D eigenvalue weighted by Gasteiger charge is -2.35. The monoisotopic (exact) mass is 576 g/mol. The van der Waals surface area contributed by atoms with Crippen LogP contribution in [0.1, 0.15) is 15.9 Å². The highest BCUT2D eigenvalue weighted by Gasteiger charge is 2.25. The number of fused-ring (bicyclic) bond motifs is 1. The zero-order chi connectivity index (χ0) is 29.0. The Balaban J connectivity index is 1.26. The number of ether oxygens (including phenoxy) is 3. The number of anilines is 1. The van der Waals surface area contributed by atoms with Gasteiger partial charge in [-0.1, -0.05) is 24.3 Å². The molecule has 0 saturated carbocycles. The van der Waals surface area contributed by atoms with E-state index in [1.54, 1.807) is 67.8 Å². The Bertz CT molecular complexity index is 1660. The molecule has 5 rings (SSSR count). The Morgan fingerprint density at radius 2 is 1.63 bits per heavy atom. The quantitative estimate of drug-likeness (QED) is 0.318. The van der Waals surface area contributed by atoms with Crippen LogP contribution in [0, 0.1) is 0 Å². The third-order valence-electron chi connectivity index (χ3n) is 7.13. The van der Waals surface area contributed by atoms with E-state index in [1.165, 1.54) is 13.2 Å². The summed E-state index contributed by atoms with van der Waals surface area (Å²) in [7, 11) is 0.721. The van der Waals surface area contributed by atoms with Gasteiger partial charge in [-0.3, -0.25) is 19.4 Å². The standard InChI is InChI=1S/C30H32N4O6S/c1-38-24-11-9-23(26(19-24)39-2)20-33-14-16-34(17-15-33)30(35)22-10-12-25(27(18-22)40-3)32-41(36,37)28-8-4-6-21-7-5-13-31-29(21)28/h4-13,18-19,32H,14-17,20H2,1-3H3. The van der Waals surface area contributed by atoms with E-state index in [1.807, 2.05) is 18.2 Å². The summed E-state index contributed by atoms with van der Waals surface area (Å²) in [6.07, 6.45) is 1.55. The molecule has 214 valence electrons. The Morgan fingerprint density at radius 1 is 0.878 bits per heavy atom. The average molecular weight is 577 g/mol. The minimum Gasteiger partial charge on any atom is -0.497 e. The number of methoxy groups -OCH3 is 3. The predicted octanol–water partition coefficient (Wildman–Crippen LogP) is 4.02. The summed E-state index contributed by atoms with van der Waals surface area (Å²) >= 11 is 0. The van der Waals surface area contributed by atoms with Gasteiger partial charge in [-0.05, 0) is 36.4 Å². The van der Waals surface area contributed by atoms with Crippen LogP contribution in [0.3, 0.4) is 0 Å². The molecule has 11 heteroatoms. The second-order valence-corrected chi connectivity index (χ2v) is 11.2. The van der Waals surface area contributed by atoms with Crippen molar-refractivity contribution in [2.24, 2.45) is 0 Å². The molecule has 1 aromatic heterocycles. The first kappa shape index (κ1) is 28.2. The van der Waals surface area contributed by atoms with E-state index in [4.69, 9.17) is 14.2 Å². The van der Waals surface area contributed by atoms with Gasteiger partial charge >= 0.3 is 0 Å². The van der Waals surface area contributed by atoms with Gasteiger partial charge in [-0.15, -0.1) is 0 Å². The Labute approximate surface area is 239 Å². The topological polar surface area (TPSA) is 110 Å². The van der Waals surface area contributed by atoms with E-state index >= 15 is 0 Å². The largest absolute Gasteiger partial charge is 0.497 e. The van der Waals surface area contributed by atoms with Crippen LogP contribution in [-0.4, -0.2) is 76.6 Å². The van der Waals surface area contributed by atoms with Gasteiger partial charge in [0.1, 0.15) is 22.1 Å². The SMILES string of the molecule is COc1ccc(CN2CCN(C(=O)c3ccc(NS(=O)(=O)c4cccc5cccnc45)c(OC)c3)CC2)c(OC)c1. The maximum Gasteiger partial charge on any atom is 0.264 e. The van der Waals surface area contributed by atoms with Crippen molar-refractivity contribution in [2.45, 2.75) is 11.4 Å². The van der Waals surface area contributed by atoms with Crippen LogP contribution in [0.5, 0.6) is 17.2 Å². The van der Waals surface area contributed by atoms with E-state index in [0.717, 1.165) is 17.1 Å². The number of amides is 1. The summed E-state index contributed by atoms with van der Waals surface area (Å²) in [5.41, 5.74) is 2.07. The fourth-order valence-corrected chi connectivity index (χ4v) is 6.17. The number of aromatic nitrogens is 1. The number of piperazine rings is 1. The number of para-hydroxylation sites is 1. The molecule has 0 atom stereocenters. The molecule has 2 heterocycles. The molecule has 41 heavy (non-hydrogen) atoms. The van der Waals surface area contributed by atoms with Crippen molar-refractivity contribution >= 4 is 32.5 Å². The predicted molar refractivity (Wildman–Crippen MR) is 156 cm³/mol. The number of hydrogen-bond donors (Lipinski definition) is 1. The van der Waals surface area contributed by atoms with Crippen LogP contribution in [0.2, 0.25) is 0 Å².